The maximum absolute atomic E-state index is 11.7. The second kappa shape index (κ2) is 11.5. The van der Waals surface area contributed by atoms with Crippen molar-refractivity contribution in [1.82, 2.24) is 16.0 Å². The molecular formula is C21H34N4O2. The number of guanidine groups is 1. The van der Waals surface area contributed by atoms with E-state index in [9.17, 15) is 4.79 Å². The third-order valence-corrected chi connectivity index (χ3v) is 4.69. The van der Waals surface area contributed by atoms with E-state index >= 15 is 0 Å². The molecule has 0 heterocycles. The second-order valence-corrected chi connectivity index (χ2v) is 7.04. The minimum Gasteiger partial charge on any atom is -0.484 e. The predicted octanol–water partition coefficient (Wildman–Crippen LogP) is 2.84. The van der Waals surface area contributed by atoms with Crippen molar-refractivity contribution < 1.29 is 9.53 Å². The van der Waals surface area contributed by atoms with Crippen LogP contribution in [0.1, 0.15) is 52.0 Å². The Morgan fingerprint density at radius 1 is 1.22 bits per heavy atom. The number of amides is 1. The lowest BCUT2D eigenvalue weighted by Crippen LogP contribution is -2.39. The number of carbonyl (C=O) groups excluding carboxylic acids is 1. The van der Waals surface area contributed by atoms with Crippen LogP contribution in [0.4, 0.5) is 0 Å². The summed E-state index contributed by atoms with van der Waals surface area (Å²) in [5.41, 5.74) is 1.05. The summed E-state index contributed by atoms with van der Waals surface area (Å²) in [6.07, 6.45) is 4.49. The maximum Gasteiger partial charge on any atom is 0.258 e. The van der Waals surface area contributed by atoms with Crippen LogP contribution in [0, 0.1) is 5.92 Å². The number of benzene rings is 1. The number of nitrogens with one attached hydrogen (secondary N) is 3. The Morgan fingerprint density at radius 3 is 2.67 bits per heavy atom. The van der Waals surface area contributed by atoms with Gasteiger partial charge >= 0.3 is 0 Å². The van der Waals surface area contributed by atoms with Crippen LogP contribution in [0.25, 0.3) is 0 Å². The number of hydrogen-bond donors (Lipinski definition) is 3. The lowest BCUT2D eigenvalue weighted by atomic mass is 10.0. The van der Waals surface area contributed by atoms with Crippen molar-refractivity contribution in [3.8, 4) is 5.75 Å². The molecule has 0 atom stereocenters. The molecule has 27 heavy (non-hydrogen) atoms. The van der Waals surface area contributed by atoms with Crippen molar-refractivity contribution in [3.05, 3.63) is 29.8 Å². The second-order valence-electron chi connectivity index (χ2n) is 7.04. The normalized spacial score (nSPS) is 14.1. The fourth-order valence-corrected chi connectivity index (χ4v) is 2.71. The summed E-state index contributed by atoms with van der Waals surface area (Å²) >= 11 is 0. The van der Waals surface area contributed by atoms with Crippen molar-refractivity contribution in [2.75, 3.05) is 19.7 Å². The molecule has 0 bridgehead atoms. The summed E-state index contributed by atoms with van der Waals surface area (Å²) in [5.74, 6) is 2.14. The van der Waals surface area contributed by atoms with E-state index in [-0.39, 0.29) is 12.5 Å². The van der Waals surface area contributed by atoms with Crippen LogP contribution < -0.4 is 20.7 Å². The van der Waals surface area contributed by atoms with Crippen molar-refractivity contribution in [3.63, 3.8) is 0 Å². The predicted molar refractivity (Wildman–Crippen MR) is 110 cm³/mol. The minimum atomic E-state index is -0.0547. The first-order chi connectivity index (χ1) is 13.1. The topological polar surface area (TPSA) is 74.8 Å². The van der Waals surface area contributed by atoms with Gasteiger partial charge in [-0.2, -0.15) is 0 Å². The molecule has 1 amide bonds. The Labute approximate surface area is 163 Å². The van der Waals surface area contributed by atoms with Gasteiger partial charge in [-0.1, -0.05) is 38.8 Å². The van der Waals surface area contributed by atoms with Gasteiger partial charge in [0.1, 0.15) is 5.75 Å². The van der Waals surface area contributed by atoms with Gasteiger partial charge in [0, 0.05) is 19.1 Å². The van der Waals surface area contributed by atoms with Gasteiger partial charge in [0.2, 0.25) is 0 Å². The highest BCUT2D eigenvalue weighted by atomic mass is 16.5. The molecule has 150 valence electrons. The van der Waals surface area contributed by atoms with Crippen LogP contribution in [-0.4, -0.2) is 37.6 Å². The zero-order valence-corrected chi connectivity index (χ0v) is 16.9. The molecule has 0 spiro atoms. The summed E-state index contributed by atoms with van der Waals surface area (Å²) in [5, 5.41) is 9.64. The van der Waals surface area contributed by atoms with E-state index in [1.54, 1.807) is 0 Å². The third-order valence-electron chi connectivity index (χ3n) is 4.69. The Bertz CT molecular complexity index is 610. The van der Waals surface area contributed by atoms with Crippen LogP contribution in [0.5, 0.6) is 5.75 Å². The molecule has 3 N–H and O–H groups in total. The third kappa shape index (κ3) is 8.33. The van der Waals surface area contributed by atoms with Gasteiger partial charge in [0.15, 0.2) is 12.6 Å². The van der Waals surface area contributed by atoms with Crippen molar-refractivity contribution in [2.24, 2.45) is 10.9 Å². The molecule has 0 unspecified atom stereocenters. The van der Waals surface area contributed by atoms with Gasteiger partial charge in [0.25, 0.3) is 5.91 Å². The number of hydrogen-bond acceptors (Lipinski definition) is 3. The number of nitrogens with zero attached hydrogens (tertiary/aromatic N) is 1. The lowest BCUT2D eigenvalue weighted by Gasteiger charge is -2.16. The summed E-state index contributed by atoms with van der Waals surface area (Å²) in [6, 6.07) is 8.12. The quantitative estimate of drug-likeness (QED) is 0.411. The molecule has 0 aliphatic heterocycles. The van der Waals surface area contributed by atoms with E-state index < -0.39 is 0 Å². The molecule has 6 nitrogen and oxygen atoms in total. The summed E-state index contributed by atoms with van der Waals surface area (Å²) < 4.78 is 5.61. The smallest absolute Gasteiger partial charge is 0.258 e. The molecule has 1 aliphatic carbocycles. The van der Waals surface area contributed by atoms with Gasteiger partial charge in [-0.3, -0.25) is 4.79 Å². The molecule has 6 heteroatoms. The SMILES string of the molecule is CCNC(=NCc1cccc(OCC(=O)NC2CC2)c1)NCC(CC)CC. The Morgan fingerprint density at radius 2 is 2.00 bits per heavy atom. The first-order valence-corrected chi connectivity index (χ1v) is 10.2. The standard InChI is InChI=1S/C21H34N4O2/c1-4-16(5-2)13-23-21(22-6-3)24-14-17-8-7-9-19(12-17)27-15-20(26)25-18-10-11-18/h7-9,12,16,18H,4-6,10-11,13-15H2,1-3H3,(H,25,26)(H2,22,23,24). The molecular weight excluding hydrogens is 340 g/mol. The van der Waals surface area contributed by atoms with E-state index in [4.69, 9.17) is 4.74 Å². The van der Waals surface area contributed by atoms with E-state index in [1.165, 1.54) is 0 Å². The van der Waals surface area contributed by atoms with Crippen molar-refractivity contribution in [2.45, 2.75) is 59.0 Å². The first kappa shape index (κ1) is 21.1. The summed E-state index contributed by atoms with van der Waals surface area (Å²) in [6.45, 7) is 8.88. The van der Waals surface area contributed by atoms with Crippen molar-refractivity contribution in [1.29, 1.82) is 0 Å². The molecule has 2 rings (SSSR count). The monoisotopic (exact) mass is 374 g/mol. The number of ether oxygens (including phenoxy) is 1. The van der Waals surface area contributed by atoms with Crippen LogP contribution in [0.15, 0.2) is 29.3 Å². The van der Waals surface area contributed by atoms with Gasteiger partial charge < -0.3 is 20.7 Å². The summed E-state index contributed by atoms with van der Waals surface area (Å²) in [4.78, 5) is 16.4. The largest absolute Gasteiger partial charge is 0.484 e. The molecule has 0 aromatic heterocycles. The van der Waals surface area contributed by atoms with E-state index in [2.05, 4.69) is 41.7 Å². The number of rotatable bonds is 11. The molecule has 0 saturated heterocycles. The average molecular weight is 375 g/mol. The highest BCUT2D eigenvalue weighted by Gasteiger charge is 2.23. The van der Waals surface area contributed by atoms with Crippen LogP contribution in [0.2, 0.25) is 0 Å². The minimum absolute atomic E-state index is 0.0547. The Hall–Kier alpha value is -2.24. The number of aliphatic imine (C=N–C) groups is 1. The average Bonchev–Trinajstić information content (AvgIpc) is 3.49. The van der Waals surface area contributed by atoms with Gasteiger partial charge in [0.05, 0.1) is 6.54 Å². The number of carbonyl (C=O) groups is 1. The van der Waals surface area contributed by atoms with Gasteiger partial charge in [-0.05, 0) is 43.4 Å². The Balaban J connectivity index is 1.85. The molecule has 0 radical (unpaired) electrons. The molecule has 1 fully saturated rings. The fraction of sp³-hybridized carbons (Fsp3) is 0.619. The van der Waals surface area contributed by atoms with Gasteiger partial charge in [-0.15, -0.1) is 0 Å². The molecule has 1 aromatic carbocycles. The lowest BCUT2D eigenvalue weighted by molar-refractivity contribution is -0.123. The van der Waals surface area contributed by atoms with E-state index in [0.29, 0.717) is 24.3 Å². The Kier molecular flexibility index (Phi) is 8.95. The van der Waals surface area contributed by atoms with Crippen LogP contribution in [0.3, 0.4) is 0 Å². The highest BCUT2D eigenvalue weighted by Crippen LogP contribution is 2.18. The van der Waals surface area contributed by atoms with E-state index in [0.717, 1.165) is 50.3 Å². The maximum atomic E-state index is 11.7. The highest BCUT2D eigenvalue weighted by molar-refractivity contribution is 5.79. The van der Waals surface area contributed by atoms with Gasteiger partial charge in [-0.25, -0.2) is 4.99 Å². The van der Waals surface area contributed by atoms with Crippen LogP contribution in [-0.2, 0) is 11.3 Å². The zero-order chi connectivity index (χ0) is 19.5. The van der Waals surface area contributed by atoms with Crippen molar-refractivity contribution >= 4 is 11.9 Å². The zero-order valence-electron chi connectivity index (χ0n) is 16.9. The molecule has 1 aliphatic rings. The fourth-order valence-electron chi connectivity index (χ4n) is 2.71. The molecule has 1 saturated carbocycles. The van der Waals surface area contributed by atoms with E-state index in [1.807, 2.05) is 24.3 Å². The van der Waals surface area contributed by atoms with Crippen LogP contribution >= 0.6 is 0 Å². The summed E-state index contributed by atoms with van der Waals surface area (Å²) in [7, 11) is 0. The molecule has 1 aromatic rings. The first-order valence-electron chi connectivity index (χ1n) is 10.2.